The Kier molecular flexibility index (Phi) is 16.1. The summed E-state index contributed by atoms with van der Waals surface area (Å²) < 4.78 is 16.0. The second-order valence-electron chi connectivity index (χ2n) is 24.7. The van der Waals surface area contributed by atoms with Crippen LogP contribution < -0.4 is 30.3 Å². The second kappa shape index (κ2) is 21.8. The van der Waals surface area contributed by atoms with Crippen LogP contribution in [-0.2, 0) is 34.5 Å². The molecule has 0 aliphatic heterocycles. The van der Waals surface area contributed by atoms with Gasteiger partial charge < -0.3 is 9.05 Å². The van der Waals surface area contributed by atoms with Gasteiger partial charge in [-0.3, -0.25) is 0 Å². The molecule has 0 heterocycles. The van der Waals surface area contributed by atoms with Crippen LogP contribution in [0, 0.1) is 27.7 Å². The van der Waals surface area contributed by atoms with Crippen LogP contribution >= 0.6 is 16.3 Å². The van der Waals surface area contributed by atoms with E-state index in [1.165, 1.54) is 66.8 Å². The largest absolute Gasteiger partial charge is 0.464 e. The first-order valence-electron chi connectivity index (χ1n) is 26.6. The van der Waals surface area contributed by atoms with E-state index in [1.807, 2.05) is 0 Å². The molecule has 0 bridgehead atoms. The van der Waals surface area contributed by atoms with E-state index in [9.17, 15) is 0 Å². The third kappa shape index (κ3) is 12.5. The van der Waals surface area contributed by atoms with Crippen LogP contribution in [0.1, 0.15) is 150 Å². The summed E-state index contributed by atoms with van der Waals surface area (Å²) in [5.41, 5.74) is 17.2. The van der Waals surface area contributed by atoms with Crippen LogP contribution in [0.2, 0.25) is 0 Å². The maximum atomic E-state index is 8.01. The van der Waals surface area contributed by atoms with Crippen LogP contribution in [0.5, 0.6) is 11.5 Å². The molecule has 8 aromatic carbocycles. The van der Waals surface area contributed by atoms with E-state index in [-0.39, 0.29) is 21.7 Å². The highest BCUT2D eigenvalue weighted by Gasteiger charge is 2.32. The lowest BCUT2D eigenvalue weighted by Crippen LogP contribution is -2.18. The Hall–Kier alpha value is -5.78. The summed E-state index contributed by atoms with van der Waals surface area (Å²) in [6.45, 7) is 37.1. The summed E-state index contributed by atoms with van der Waals surface area (Å²) in [5, 5.41) is 4.65. The molecular formula is C70H80O2P2. The predicted octanol–water partition coefficient (Wildman–Crippen LogP) is 17.8. The standard InChI is InChI=1S/C70H80O2P2/c1-47-37-53(39-51-41-55(67(5,6)7)45-56(42-51)68(8,9)10)65(71-73(59-29-21-17-22-30-59)60-31-23-18-24-32-60)63(49(47)3)64-50(4)48(2)38-54(40-52-43-57(69(11,12)13)46-58(44-52)70(14,15)16)66(64)72-74(61-33-25-19-26-34-61)62-35-27-20-28-36-62/h17-38,41-46H,39-40H2,1-16H3. The fraction of sp³-hybridized carbons (Fsp3) is 0.314. The van der Waals surface area contributed by atoms with Crippen molar-refractivity contribution in [1.82, 2.24) is 0 Å². The van der Waals surface area contributed by atoms with Gasteiger partial charge in [0.2, 0.25) is 0 Å². The Bertz CT molecular complexity index is 2860. The molecule has 0 fully saturated rings. The van der Waals surface area contributed by atoms with Gasteiger partial charge in [-0.2, -0.15) is 0 Å². The number of hydrogen-bond donors (Lipinski definition) is 0. The molecule has 0 unspecified atom stereocenters. The lowest BCUT2D eigenvalue weighted by atomic mass is 9.78. The molecule has 8 aromatic rings. The Balaban J connectivity index is 1.49. The fourth-order valence-corrected chi connectivity index (χ4v) is 13.3. The van der Waals surface area contributed by atoms with Crippen molar-refractivity contribution in [3.63, 3.8) is 0 Å². The molecule has 0 spiro atoms. The monoisotopic (exact) mass is 1010 g/mol. The Morgan fingerprint density at radius 1 is 0.324 bits per heavy atom. The normalized spacial score (nSPS) is 12.4. The Morgan fingerprint density at radius 3 is 0.797 bits per heavy atom. The summed E-state index contributed by atoms with van der Waals surface area (Å²) >= 11 is 0. The number of aryl methyl sites for hydroxylation is 2. The lowest BCUT2D eigenvalue weighted by Gasteiger charge is -2.30. The van der Waals surface area contributed by atoms with Crippen molar-refractivity contribution in [3.05, 3.63) is 237 Å². The van der Waals surface area contributed by atoms with Crippen molar-refractivity contribution >= 4 is 37.5 Å². The first kappa shape index (κ1) is 54.5. The first-order valence-corrected chi connectivity index (χ1v) is 29.1. The SMILES string of the molecule is Cc1cc(Cc2cc(C(C)(C)C)cc(C(C)(C)C)c2)c(OP(c2ccccc2)c2ccccc2)c(-c2c(C)c(C)cc(Cc3cc(C(C)(C)C)cc(C(C)(C)C)c3)c2OP(c2ccccc2)c2ccccc2)c1C. The number of hydrogen-bond acceptors (Lipinski definition) is 2. The molecule has 2 nitrogen and oxygen atoms in total. The molecule has 0 atom stereocenters. The van der Waals surface area contributed by atoms with Gasteiger partial charge in [-0.15, -0.1) is 0 Å². The zero-order valence-electron chi connectivity index (χ0n) is 47.3. The van der Waals surface area contributed by atoms with Gasteiger partial charge in [0.25, 0.3) is 0 Å². The van der Waals surface area contributed by atoms with Crippen molar-refractivity contribution in [1.29, 1.82) is 0 Å². The van der Waals surface area contributed by atoms with Crippen molar-refractivity contribution in [2.75, 3.05) is 0 Å². The highest BCUT2D eigenvalue weighted by molar-refractivity contribution is 7.69. The summed E-state index contributed by atoms with van der Waals surface area (Å²) in [6.07, 6.45) is 1.40. The maximum absolute atomic E-state index is 8.01. The summed E-state index contributed by atoms with van der Waals surface area (Å²) in [6, 6.07) is 62.9. The van der Waals surface area contributed by atoms with E-state index in [1.54, 1.807) is 0 Å². The van der Waals surface area contributed by atoms with E-state index in [0.717, 1.165) is 43.8 Å². The minimum atomic E-state index is -1.33. The molecular weight excluding hydrogens is 935 g/mol. The Morgan fingerprint density at radius 2 is 0.568 bits per heavy atom. The van der Waals surface area contributed by atoms with E-state index in [4.69, 9.17) is 9.05 Å². The molecule has 0 aliphatic carbocycles. The first-order chi connectivity index (χ1) is 34.9. The molecule has 0 radical (unpaired) electrons. The molecule has 0 N–H and O–H groups in total. The van der Waals surface area contributed by atoms with Gasteiger partial charge in [0.1, 0.15) is 11.5 Å². The third-order valence-corrected chi connectivity index (χ3v) is 18.4. The smallest absolute Gasteiger partial charge is 0.150 e. The van der Waals surface area contributed by atoms with Crippen molar-refractivity contribution in [2.24, 2.45) is 0 Å². The Labute approximate surface area is 448 Å². The summed E-state index contributed by atoms with van der Waals surface area (Å²) in [4.78, 5) is 0. The molecule has 0 saturated heterocycles. The van der Waals surface area contributed by atoms with E-state index in [2.05, 4.69) is 281 Å². The van der Waals surface area contributed by atoms with Crippen LogP contribution in [0.4, 0.5) is 0 Å². The van der Waals surface area contributed by atoms with Crippen LogP contribution in [0.25, 0.3) is 11.1 Å². The zero-order valence-corrected chi connectivity index (χ0v) is 49.1. The highest BCUT2D eigenvalue weighted by atomic mass is 31.1. The topological polar surface area (TPSA) is 18.5 Å². The molecule has 0 amide bonds. The van der Waals surface area contributed by atoms with Crippen LogP contribution in [0.3, 0.4) is 0 Å². The van der Waals surface area contributed by atoms with Gasteiger partial charge in [0.05, 0.1) is 0 Å². The molecule has 0 aliphatic rings. The van der Waals surface area contributed by atoms with E-state index >= 15 is 0 Å². The fourth-order valence-electron chi connectivity index (χ4n) is 9.70. The average molecular weight is 1020 g/mol. The van der Waals surface area contributed by atoms with Gasteiger partial charge in [0, 0.05) is 45.2 Å². The summed E-state index contributed by atoms with van der Waals surface area (Å²) in [7, 11) is -2.65. The molecule has 4 heteroatoms. The molecule has 0 saturated carbocycles. The van der Waals surface area contributed by atoms with Gasteiger partial charge in [-0.05, 0) is 116 Å². The van der Waals surface area contributed by atoms with Gasteiger partial charge in [0.15, 0.2) is 16.3 Å². The molecule has 0 aromatic heterocycles. The minimum absolute atomic E-state index is 0.0319. The lowest BCUT2D eigenvalue weighted by molar-refractivity contribution is 0.566. The van der Waals surface area contributed by atoms with Crippen LogP contribution in [0.15, 0.2) is 170 Å². The zero-order chi connectivity index (χ0) is 53.3. The van der Waals surface area contributed by atoms with Gasteiger partial charge >= 0.3 is 0 Å². The van der Waals surface area contributed by atoms with Gasteiger partial charge in [-0.25, -0.2) is 0 Å². The second-order valence-corrected chi connectivity index (χ2v) is 28.3. The van der Waals surface area contributed by atoms with Crippen molar-refractivity contribution in [3.8, 4) is 22.6 Å². The van der Waals surface area contributed by atoms with E-state index < -0.39 is 16.3 Å². The summed E-state index contributed by atoms with van der Waals surface area (Å²) in [5.74, 6) is 1.84. The predicted molar refractivity (Wildman–Crippen MR) is 324 cm³/mol. The van der Waals surface area contributed by atoms with Gasteiger partial charge in [-0.1, -0.05) is 253 Å². The number of rotatable bonds is 13. The molecule has 382 valence electrons. The highest BCUT2D eigenvalue weighted by Crippen LogP contribution is 2.53. The third-order valence-electron chi connectivity index (χ3n) is 14.6. The van der Waals surface area contributed by atoms with Crippen LogP contribution in [-0.4, -0.2) is 0 Å². The average Bonchev–Trinajstić information content (AvgIpc) is 3.35. The van der Waals surface area contributed by atoms with Crippen molar-refractivity contribution < 1.29 is 9.05 Å². The molecule has 74 heavy (non-hydrogen) atoms. The quantitative estimate of drug-likeness (QED) is 0.107. The van der Waals surface area contributed by atoms with Crippen molar-refractivity contribution in [2.45, 2.75) is 145 Å². The number of benzene rings is 8. The van der Waals surface area contributed by atoms with E-state index in [0.29, 0.717) is 12.8 Å². The maximum Gasteiger partial charge on any atom is 0.150 e. The molecule has 8 rings (SSSR count). The minimum Gasteiger partial charge on any atom is -0.464 e.